The van der Waals surface area contributed by atoms with Crippen molar-refractivity contribution in [2.45, 2.75) is 35.9 Å². The molecule has 1 aromatic heterocycles. The lowest BCUT2D eigenvalue weighted by Gasteiger charge is -2.31. The Labute approximate surface area is 286 Å². The molecule has 2 aliphatic heterocycles. The van der Waals surface area contributed by atoms with Gasteiger partial charge in [-0.1, -0.05) is 41.4 Å². The molecule has 47 heavy (non-hydrogen) atoms. The van der Waals surface area contributed by atoms with E-state index in [1.807, 2.05) is 6.07 Å². The third-order valence-corrected chi connectivity index (χ3v) is 11.4. The summed E-state index contributed by atoms with van der Waals surface area (Å²) in [4.78, 5) is 44.6. The summed E-state index contributed by atoms with van der Waals surface area (Å²) < 4.78 is 28.8. The first-order valence-electron chi connectivity index (χ1n) is 14.5. The molecule has 0 saturated carbocycles. The van der Waals surface area contributed by atoms with Gasteiger partial charge >= 0.3 is 5.97 Å². The zero-order chi connectivity index (χ0) is 33.7. The number of pyridine rings is 1. The maximum absolute atomic E-state index is 13.8. The van der Waals surface area contributed by atoms with E-state index in [0.717, 1.165) is 28.9 Å². The molecular weight excluding hydrogens is 687 g/mol. The number of amides is 2. The van der Waals surface area contributed by atoms with E-state index in [1.165, 1.54) is 36.7 Å². The third kappa shape index (κ3) is 8.06. The molecule has 0 unspecified atom stereocenters. The molecule has 3 heterocycles. The molecule has 2 aliphatic rings. The molecule has 2 fully saturated rings. The van der Waals surface area contributed by atoms with Crippen LogP contribution in [0.15, 0.2) is 65.8 Å². The number of nitrogens with zero attached hydrogens (tertiary/aromatic N) is 4. The quantitative estimate of drug-likeness (QED) is 0.282. The van der Waals surface area contributed by atoms with E-state index in [9.17, 15) is 33.2 Å². The van der Waals surface area contributed by atoms with E-state index in [4.69, 9.17) is 23.2 Å². The van der Waals surface area contributed by atoms with E-state index < -0.39 is 39.9 Å². The molecule has 3 N–H and O–H groups in total. The molecule has 3 aromatic rings. The zero-order valence-electron chi connectivity index (χ0n) is 24.8. The number of hydrogen-bond acceptors (Lipinski definition) is 9. The summed E-state index contributed by atoms with van der Waals surface area (Å²) in [5.74, 6) is -0.793. The smallest absolute Gasteiger partial charge is 0.326 e. The maximum atomic E-state index is 13.8. The van der Waals surface area contributed by atoms with Gasteiger partial charge in [-0.3, -0.25) is 19.5 Å². The lowest BCUT2D eigenvalue weighted by atomic mass is 10.0. The molecule has 246 valence electrons. The van der Waals surface area contributed by atoms with Gasteiger partial charge in [0.1, 0.15) is 12.1 Å². The first-order valence-corrected chi connectivity index (χ1v) is 17.9. The van der Waals surface area contributed by atoms with Crippen LogP contribution < -0.4 is 10.6 Å². The number of rotatable bonds is 10. The molecule has 0 radical (unpaired) electrons. The molecule has 12 nitrogen and oxygen atoms in total. The van der Waals surface area contributed by atoms with Crippen LogP contribution in [0.2, 0.25) is 10.0 Å². The van der Waals surface area contributed by atoms with Crippen LogP contribution in [-0.4, -0.2) is 94.8 Å². The number of carboxylic acid groups (broad SMARTS) is 1. The maximum Gasteiger partial charge on any atom is 0.326 e. The number of hydrogen-bond donors (Lipinski definition) is 3. The van der Waals surface area contributed by atoms with Gasteiger partial charge in [0.25, 0.3) is 5.91 Å². The van der Waals surface area contributed by atoms with E-state index in [2.05, 4.69) is 20.5 Å². The van der Waals surface area contributed by atoms with E-state index in [1.54, 1.807) is 36.0 Å². The Kier molecular flexibility index (Phi) is 11.1. The molecule has 3 atom stereocenters. The minimum atomic E-state index is -4.20. The highest BCUT2D eigenvalue weighted by Crippen LogP contribution is 2.31. The zero-order valence-corrected chi connectivity index (χ0v) is 27.9. The fourth-order valence-corrected chi connectivity index (χ4v) is 8.76. The van der Waals surface area contributed by atoms with Crippen LogP contribution in [0, 0.1) is 11.3 Å². The molecule has 16 heteroatoms. The Balaban J connectivity index is 1.32. The van der Waals surface area contributed by atoms with Crippen molar-refractivity contribution in [3.05, 3.63) is 87.7 Å². The Morgan fingerprint density at radius 1 is 1.09 bits per heavy atom. The van der Waals surface area contributed by atoms with Crippen LogP contribution in [0.4, 0.5) is 5.69 Å². The van der Waals surface area contributed by atoms with Crippen LogP contribution in [0.25, 0.3) is 0 Å². The molecule has 2 aromatic carbocycles. The van der Waals surface area contributed by atoms with Gasteiger partial charge in [-0.05, 0) is 42.3 Å². The van der Waals surface area contributed by atoms with Gasteiger partial charge in [0, 0.05) is 61.7 Å². The second-order valence-electron chi connectivity index (χ2n) is 11.0. The van der Waals surface area contributed by atoms with E-state index in [0.29, 0.717) is 11.3 Å². The third-order valence-electron chi connectivity index (χ3n) is 8.01. The predicted molar refractivity (Wildman–Crippen MR) is 178 cm³/mol. The average Bonchev–Trinajstić information content (AvgIpc) is 3.52. The van der Waals surface area contributed by atoms with Crippen LogP contribution >= 0.6 is 35.0 Å². The minimum absolute atomic E-state index is 0.0582. The highest BCUT2D eigenvalue weighted by Gasteiger charge is 2.46. The van der Waals surface area contributed by atoms with Crippen molar-refractivity contribution in [1.29, 1.82) is 5.26 Å². The second kappa shape index (κ2) is 15.0. The number of aliphatic carboxylic acids is 1. The van der Waals surface area contributed by atoms with Crippen LogP contribution in [0.1, 0.15) is 27.9 Å². The molecule has 0 spiro atoms. The van der Waals surface area contributed by atoms with Gasteiger partial charge in [-0.2, -0.15) is 21.3 Å². The van der Waals surface area contributed by atoms with Crippen molar-refractivity contribution in [2.24, 2.45) is 0 Å². The number of carbonyl (C=O) groups is 3. The molecule has 2 saturated heterocycles. The van der Waals surface area contributed by atoms with Crippen LogP contribution in [0.3, 0.4) is 0 Å². The summed E-state index contributed by atoms with van der Waals surface area (Å²) in [5.41, 5.74) is 1.16. The summed E-state index contributed by atoms with van der Waals surface area (Å²) in [6, 6.07) is 11.1. The predicted octanol–water partition coefficient (Wildman–Crippen LogP) is 3.50. The Hall–Kier alpha value is -3.71. The van der Waals surface area contributed by atoms with E-state index >= 15 is 0 Å². The number of benzene rings is 2. The average molecular weight is 718 g/mol. The minimum Gasteiger partial charge on any atom is -0.480 e. The van der Waals surface area contributed by atoms with Crippen molar-refractivity contribution in [1.82, 2.24) is 19.5 Å². The second-order valence-corrected chi connectivity index (χ2v) is 14.9. The van der Waals surface area contributed by atoms with E-state index in [-0.39, 0.29) is 51.5 Å². The lowest BCUT2D eigenvalue weighted by Crippen LogP contribution is -2.51. The summed E-state index contributed by atoms with van der Waals surface area (Å²) in [6.45, 7) is 1.55. The van der Waals surface area contributed by atoms with Gasteiger partial charge in [0.15, 0.2) is 0 Å². The number of nitrogens with one attached hydrogen (secondary N) is 2. The fourth-order valence-electron chi connectivity index (χ4n) is 5.61. The molecular formula is C31H30Cl2N6O6S2. The van der Waals surface area contributed by atoms with Crippen LogP contribution in [-0.2, 0) is 26.0 Å². The molecule has 2 amide bonds. The Morgan fingerprint density at radius 2 is 1.77 bits per heavy atom. The van der Waals surface area contributed by atoms with Gasteiger partial charge in [0.2, 0.25) is 15.9 Å². The van der Waals surface area contributed by atoms with Crippen molar-refractivity contribution < 1.29 is 27.9 Å². The summed E-state index contributed by atoms with van der Waals surface area (Å²) in [7, 11) is -4.20. The monoisotopic (exact) mass is 716 g/mol. The van der Waals surface area contributed by atoms with Gasteiger partial charge in [-0.15, -0.1) is 0 Å². The standard InChI is InChI=1S/C31H30Cl2N6O6S2/c32-24-16-35-17-25(33)28(24)30(41)36-21-6-4-19(5-7-21)13-26(31(42)43)37-29(40)27-14-22(38-8-10-46-11-9-38)18-39(27)47(44,45)23-3-1-2-20(12-23)15-34/h1-7,12,16-17,22,26-27H,8-11,13-14,18H2,(H,36,41)(H,37,40)(H,42,43)/t22-,26+,27+/m1/s1. The Morgan fingerprint density at radius 3 is 2.40 bits per heavy atom. The largest absolute Gasteiger partial charge is 0.480 e. The number of sulfonamides is 1. The van der Waals surface area contributed by atoms with Gasteiger partial charge < -0.3 is 15.7 Å². The van der Waals surface area contributed by atoms with Crippen molar-refractivity contribution in [3.8, 4) is 6.07 Å². The Bertz CT molecular complexity index is 1800. The first-order chi connectivity index (χ1) is 22.5. The summed E-state index contributed by atoms with van der Waals surface area (Å²) >= 11 is 13.9. The number of anilines is 1. The number of halogens is 2. The highest BCUT2D eigenvalue weighted by atomic mass is 35.5. The number of aromatic nitrogens is 1. The summed E-state index contributed by atoms with van der Waals surface area (Å²) in [6.07, 6.45) is 2.68. The first kappa shape index (κ1) is 34.6. The van der Waals surface area contributed by atoms with Crippen molar-refractivity contribution >= 4 is 68.5 Å². The fraction of sp³-hybridized carbons (Fsp3) is 0.323. The lowest BCUT2D eigenvalue weighted by molar-refractivity contribution is -0.142. The van der Waals surface area contributed by atoms with Crippen molar-refractivity contribution in [2.75, 3.05) is 36.5 Å². The number of nitriles is 1. The highest BCUT2D eigenvalue weighted by molar-refractivity contribution is 7.99. The van der Waals surface area contributed by atoms with Gasteiger partial charge in [0.05, 0.1) is 32.1 Å². The van der Waals surface area contributed by atoms with Crippen molar-refractivity contribution in [3.63, 3.8) is 0 Å². The molecule has 0 aliphatic carbocycles. The molecule has 0 bridgehead atoms. The number of carboxylic acids is 1. The van der Waals surface area contributed by atoms with Crippen LogP contribution in [0.5, 0.6) is 0 Å². The number of carbonyl (C=O) groups excluding carboxylic acids is 2. The van der Waals surface area contributed by atoms with Gasteiger partial charge in [-0.25, -0.2) is 13.2 Å². The normalized spacial score (nSPS) is 19.4. The topological polar surface area (TPSA) is 173 Å². The SMILES string of the molecule is N#Cc1cccc(S(=O)(=O)N2C[C@H](N3CCSCC3)C[C@H]2C(=O)N[C@@H](Cc2ccc(NC(=O)c3c(Cl)cncc3Cl)cc2)C(=O)O)c1. The summed E-state index contributed by atoms with van der Waals surface area (Å²) in [5, 5.41) is 24.7. The molecule has 5 rings (SSSR count). The number of thioether (sulfide) groups is 1.